The van der Waals surface area contributed by atoms with Gasteiger partial charge < -0.3 is 16.4 Å². The molecule has 1 heterocycles. The van der Waals surface area contributed by atoms with Gasteiger partial charge in [-0.1, -0.05) is 0 Å². The quantitative estimate of drug-likeness (QED) is 0.564. The van der Waals surface area contributed by atoms with Crippen molar-refractivity contribution in [3.05, 3.63) is 0 Å². The second kappa shape index (κ2) is 4.18. The van der Waals surface area contributed by atoms with E-state index in [-0.39, 0.29) is 23.9 Å². The molecular weight excluding hydrogens is 194 g/mol. The van der Waals surface area contributed by atoms with E-state index in [1.165, 1.54) is 0 Å². The first-order valence-corrected chi connectivity index (χ1v) is 5.50. The van der Waals surface area contributed by atoms with E-state index < -0.39 is 0 Å². The average molecular weight is 211 g/mol. The fourth-order valence-electron chi connectivity index (χ4n) is 1.96. The lowest BCUT2D eigenvalue weighted by Gasteiger charge is -2.18. The van der Waals surface area contributed by atoms with Crippen LogP contribution in [0.2, 0.25) is 0 Å². The number of carbonyl (C=O) groups excluding carboxylic acids is 2. The number of nitrogens with one attached hydrogen (secondary N) is 2. The summed E-state index contributed by atoms with van der Waals surface area (Å²) in [6, 6.07) is -0.250. The number of carbonyl (C=O) groups is 2. The predicted molar refractivity (Wildman–Crippen MR) is 54.9 cm³/mol. The summed E-state index contributed by atoms with van der Waals surface area (Å²) in [7, 11) is 0. The normalized spacial score (nSPS) is 27.3. The Bertz CT molecular complexity index is 276. The van der Waals surface area contributed by atoms with Gasteiger partial charge in [-0.3, -0.25) is 9.59 Å². The molecule has 0 radical (unpaired) electrons. The lowest BCUT2D eigenvalue weighted by atomic mass is 10.1. The Labute approximate surface area is 88.8 Å². The summed E-state index contributed by atoms with van der Waals surface area (Å²) in [6.45, 7) is 0.483. The molecule has 0 aromatic heterocycles. The van der Waals surface area contributed by atoms with Crippen LogP contribution in [0.1, 0.15) is 25.7 Å². The largest absolute Gasteiger partial charge is 0.350 e. The first-order chi connectivity index (χ1) is 7.20. The third-order valence-electron chi connectivity index (χ3n) is 3.08. The molecule has 5 nitrogen and oxygen atoms in total. The number of amides is 2. The fraction of sp³-hybridized carbons (Fsp3) is 0.800. The van der Waals surface area contributed by atoms with Crippen LogP contribution in [-0.4, -0.2) is 30.4 Å². The van der Waals surface area contributed by atoms with Gasteiger partial charge in [-0.2, -0.15) is 0 Å². The molecule has 84 valence electrons. The molecule has 0 aromatic rings. The molecule has 0 bridgehead atoms. The number of nitrogens with two attached hydrogens (primary N) is 1. The first-order valence-electron chi connectivity index (χ1n) is 5.50. The van der Waals surface area contributed by atoms with Crippen LogP contribution in [0.5, 0.6) is 0 Å². The van der Waals surface area contributed by atoms with Crippen LogP contribution in [0.15, 0.2) is 0 Å². The minimum atomic E-state index is -0.342. The highest BCUT2D eigenvalue weighted by Crippen LogP contribution is 2.32. The summed E-state index contributed by atoms with van der Waals surface area (Å²) in [5.41, 5.74) is 5.59. The van der Waals surface area contributed by atoms with Crippen molar-refractivity contribution in [2.75, 3.05) is 6.54 Å². The lowest BCUT2D eigenvalue weighted by Crippen LogP contribution is -2.49. The van der Waals surface area contributed by atoms with Crippen LogP contribution in [0.25, 0.3) is 0 Å². The molecule has 0 aromatic carbocycles. The summed E-state index contributed by atoms with van der Waals surface area (Å²) in [6.07, 6.45) is 3.36. The average Bonchev–Trinajstić information content (AvgIpc) is 2.97. The molecule has 1 unspecified atom stereocenters. The molecule has 2 fully saturated rings. The number of rotatable bonds is 4. The lowest BCUT2D eigenvalue weighted by molar-refractivity contribution is -0.126. The maximum Gasteiger partial charge on any atom is 0.242 e. The maximum absolute atomic E-state index is 11.7. The van der Waals surface area contributed by atoms with Gasteiger partial charge in [-0.25, -0.2) is 0 Å². The van der Waals surface area contributed by atoms with Gasteiger partial charge in [0, 0.05) is 19.0 Å². The van der Waals surface area contributed by atoms with Crippen LogP contribution in [0.4, 0.5) is 0 Å². The van der Waals surface area contributed by atoms with Gasteiger partial charge in [0.2, 0.25) is 11.8 Å². The van der Waals surface area contributed by atoms with Crippen molar-refractivity contribution >= 4 is 11.8 Å². The molecule has 4 N–H and O–H groups in total. The molecule has 1 aliphatic carbocycles. The van der Waals surface area contributed by atoms with Crippen LogP contribution < -0.4 is 16.4 Å². The minimum absolute atomic E-state index is 0.0362. The van der Waals surface area contributed by atoms with E-state index in [2.05, 4.69) is 10.6 Å². The van der Waals surface area contributed by atoms with E-state index >= 15 is 0 Å². The van der Waals surface area contributed by atoms with Crippen molar-refractivity contribution in [2.24, 2.45) is 11.7 Å². The van der Waals surface area contributed by atoms with Gasteiger partial charge >= 0.3 is 0 Å². The van der Waals surface area contributed by atoms with Crippen LogP contribution in [0, 0.1) is 5.92 Å². The Morgan fingerprint density at radius 2 is 2.27 bits per heavy atom. The number of hydrogen-bond acceptors (Lipinski definition) is 3. The van der Waals surface area contributed by atoms with Gasteiger partial charge in [0.1, 0.15) is 6.04 Å². The van der Waals surface area contributed by atoms with Crippen molar-refractivity contribution in [1.29, 1.82) is 0 Å². The maximum atomic E-state index is 11.7. The van der Waals surface area contributed by atoms with E-state index in [0.29, 0.717) is 25.3 Å². The van der Waals surface area contributed by atoms with Gasteiger partial charge in [0.05, 0.1) is 0 Å². The number of hydrogen-bond donors (Lipinski definition) is 3. The zero-order valence-electron chi connectivity index (χ0n) is 8.66. The molecule has 1 aliphatic heterocycles. The first kappa shape index (κ1) is 10.4. The van der Waals surface area contributed by atoms with Crippen molar-refractivity contribution in [3.8, 4) is 0 Å². The van der Waals surface area contributed by atoms with Crippen molar-refractivity contribution in [3.63, 3.8) is 0 Å². The van der Waals surface area contributed by atoms with E-state index in [9.17, 15) is 9.59 Å². The van der Waals surface area contributed by atoms with Crippen LogP contribution in [-0.2, 0) is 9.59 Å². The zero-order chi connectivity index (χ0) is 10.8. The highest BCUT2D eigenvalue weighted by atomic mass is 16.2. The van der Waals surface area contributed by atoms with E-state index in [1.807, 2.05) is 0 Å². The molecular formula is C10H17N3O2. The summed E-state index contributed by atoms with van der Waals surface area (Å²) < 4.78 is 0. The minimum Gasteiger partial charge on any atom is -0.350 e. The standard InChI is InChI=1S/C10H17N3O2/c11-5-8(6-1-2-6)13-10(15)7-3-4-9(14)12-7/h6-8H,1-5,11H2,(H,12,14)(H,13,15)/t7-,8?/m1/s1. The summed E-state index contributed by atoms with van der Waals surface area (Å²) in [4.78, 5) is 22.7. The van der Waals surface area contributed by atoms with Crippen molar-refractivity contribution in [2.45, 2.75) is 37.8 Å². The van der Waals surface area contributed by atoms with Gasteiger partial charge in [0.15, 0.2) is 0 Å². The Hall–Kier alpha value is -1.10. The second-order valence-corrected chi connectivity index (χ2v) is 4.35. The van der Waals surface area contributed by atoms with E-state index in [1.54, 1.807) is 0 Å². The fourth-order valence-corrected chi connectivity index (χ4v) is 1.96. The summed E-state index contributed by atoms with van der Waals surface area (Å²) >= 11 is 0. The van der Waals surface area contributed by atoms with Gasteiger partial charge in [-0.15, -0.1) is 0 Å². The third kappa shape index (κ3) is 2.47. The molecule has 5 heteroatoms. The Balaban J connectivity index is 1.82. The molecule has 2 atom stereocenters. The molecule has 15 heavy (non-hydrogen) atoms. The smallest absolute Gasteiger partial charge is 0.242 e. The monoisotopic (exact) mass is 211 g/mol. The highest BCUT2D eigenvalue weighted by molar-refractivity contribution is 5.90. The molecule has 2 amide bonds. The summed E-state index contributed by atoms with van der Waals surface area (Å²) in [5.74, 6) is 0.435. The van der Waals surface area contributed by atoms with Crippen LogP contribution >= 0.6 is 0 Å². The Kier molecular flexibility index (Phi) is 2.90. The third-order valence-corrected chi connectivity index (χ3v) is 3.08. The van der Waals surface area contributed by atoms with E-state index in [4.69, 9.17) is 5.73 Å². The SMILES string of the molecule is NCC(NC(=O)[C@H]1CCC(=O)N1)C1CC1. The van der Waals surface area contributed by atoms with Gasteiger partial charge in [-0.05, 0) is 25.2 Å². The van der Waals surface area contributed by atoms with Gasteiger partial charge in [0.25, 0.3) is 0 Å². The second-order valence-electron chi connectivity index (χ2n) is 4.35. The summed E-state index contributed by atoms with van der Waals surface area (Å²) in [5, 5.41) is 5.56. The highest BCUT2D eigenvalue weighted by Gasteiger charge is 2.34. The van der Waals surface area contributed by atoms with E-state index in [0.717, 1.165) is 12.8 Å². The molecule has 2 rings (SSSR count). The van der Waals surface area contributed by atoms with Crippen molar-refractivity contribution in [1.82, 2.24) is 10.6 Å². The zero-order valence-corrected chi connectivity index (χ0v) is 8.66. The predicted octanol–water partition coefficient (Wildman–Crippen LogP) is -0.881. The topological polar surface area (TPSA) is 84.2 Å². The Morgan fingerprint density at radius 3 is 2.73 bits per heavy atom. The molecule has 1 saturated carbocycles. The van der Waals surface area contributed by atoms with Crippen LogP contribution in [0.3, 0.4) is 0 Å². The molecule has 2 aliphatic rings. The van der Waals surface area contributed by atoms with Crippen molar-refractivity contribution < 1.29 is 9.59 Å². The Morgan fingerprint density at radius 1 is 1.53 bits per heavy atom. The molecule has 1 saturated heterocycles. The molecule has 0 spiro atoms.